The quantitative estimate of drug-likeness (QED) is 0.134. The van der Waals surface area contributed by atoms with E-state index >= 15 is 0 Å². The Balaban J connectivity index is 1.44. The lowest BCUT2D eigenvalue weighted by molar-refractivity contribution is 0.534. The highest BCUT2D eigenvalue weighted by Gasteiger charge is 2.17. The highest BCUT2D eigenvalue weighted by atomic mass is 15.0. The van der Waals surface area contributed by atoms with Gasteiger partial charge in [-0.3, -0.25) is 0 Å². The molecule has 2 atom stereocenters. The topological polar surface area (TPSA) is 48.1 Å². The summed E-state index contributed by atoms with van der Waals surface area (Å²) < 4.78 is 0. The number of aryl methyl sites for hydroxylation is 4. The highest BCUT2D eigenvalue weighted by Crippen LogP contribution is 2.20. The van der Waals surface area contributed by atoms with Crippen molar-refractivity contribution in [2.24, 2.45) is 0 Å². The molecule has 0 fully saturated rings. The van der Waals surface area contributed by atoms with Crippen LogP contribution in [0.25, 0.3) is 0 Å². The molecule has 0 aliphatic rings. The van der Waals surface area contributed by atoms with Crippen molar-refractivity contribution in [2.75, 3.05) is 34.4 Å². The van der Waals surface area contributed by atoms with E-state index < -0.39 is 0 Å². The summed E-state index contributed by atoms with van der Waals surface area (Å²) in [5.74, 6) is 0. The molecule has 0 bridgehead atoms. The lowest BCUT2D eigenvalue weighted by atomic mass is 10.00. The van der Waals surface area contributed by atoms with Gasteiger partial charge in [0, 0.05) is 47.9 Å². The minimum Gasteiger partial charge on any atom is -0.385 e. The van der Waals surface area contributed by atoms with Gasteiger partial charge >= 0.3 is 0 Å². The van der Waals surface area contributed by atoms with Crippen LogP contribution in [0.4, 0.5) is 22.7 Å². The second kappa shape index (κ2) is 14.3. The van der Waals surface area contributed by atoms with Crippen molar-refractivity contribution in [3.05, 3.63) is 119 Å². The van der Waals surface area contributed by atoms with E-state index in [0.29, 0.717) is 12.1 Å². The van der Waals surface area contributed by atoms with Gasteiger partial charge in [0.25, 0.3) is 0 Å². The molecule has 0 amide bonds. The molecule has 0 aliphatic heterocycles. The number of rotatable bonds is 14. The Kier molecular flexibility index (Phi) is 10.3. The molecule has 39 heavy (non-hydrogen) atoms. The van der Waals surface area contributed by atoms with E-state index in [1.807, 2.05) is 0 Å². The number of nitrogens with one attached hydrogen (secondary N) is 4. The summed E-state index contributed by atoms with van der Waals surface area (Å²) >= 11 is 0. The van der Waals surface area contributed by atoms with Crippen LogP contribution in [0, 0.1) is 27.7 Å². The van der Waals surface area contributed by atoms with Crippen LogP contribution in [-0.2, 0) is 0 Å². The molecule has 204 valence electrons. The van der Waals surface area contributed by atoms with Crippen molar-refractivity contribution in [3.63, 3.8) is 0 Å². The smallest absolute Gasteiger partial charge is 0.0342 e. The Labute approximate surface area is 235 Å². The van der Waals surface area contributed by atoms with Crippen LogP contribution in [-0.4, -0.2) is 25.2 Å². The normalized spacial score (nSPS) is 12.4. The van der Waals surface area contributed by atoms with Gasteiger partial charge in [-0.25, -0.2) is 0 Å². The van der Waals surface area contributed by atoms with E-state index in [4.69, 9.17) is 0 Å². The first-order valence-corrected chi connectivity index (χ1v) is 14.2. The first-order valence-electron chi connectivity index (χ1n) is 14.2. The van der Waals surface area contributed by atoms with Crippen molar-refractivity contribution in [3.8, 4) is 0 Å². The first-order chi connectivity index (χ1) is 18.9. The molecule has 0 saturated heterocycles. The van der Waals surface area contributed by atoms with Crippen LogP contribution in [0.2, 0.25) is 0 Å². The third kappa shape index (κ3) is 9.72. The monoisotopic (exact) mass is 520 g/mol. The lowest BCUT2D eigenvalue weighted by Crippen LogP contribution is -2.33. The third-order valence-corrected chi connectivity index (χ3v) is 7.16. The number of hydrogen-bond acceptors (Lipinski definition) is 4. The van der Waals surface area contributed by atoms with Crippen molar-refractivity contribution < 1.29 is 0 Å². The van der Waals surface area contributed by atoms with Crippen LogP contribution in [0.5, 0.6) is 0 Å². The maximum Gasteiger partial charge on any atom is 0.0342 e. The van der Waals surface area contributed by atoms with E-state index in [9.17, 15) is 0 Å². The molecule has 2 unspecified atom stereocenters. The molecule has 0 spiro atoms. The van der Waals surface area contributed by atoms with Gasteiger partial charge in [-0.1, -0.05) is 70.8 Å². The van der Waals surface area contributed by atoms with E-state index in [1.54, 1.807) is 0 Å². The Bertz CT molecular complexity index is 1150. The number of benzene rings is 4. The minimum absolute atomic E-state index is 0.313. The van der Waals surface area contributed by atoms with Gasteiger partial charge < -0.3 is 21.3 Å². The Morgan fingerprint density at radius 2 is 0.692 bits per heavy atom. The Morgan fingerprint density at radius 3 is 1.00 bits per heavy atom. The summed E-state index contributed by atoms with van der Waals surface area (Å²) in [7, 11) is 0. The van der Waals surface area contributed by atoms with E-state index in [1.165, 1.54) is 45.0 Å². The summed E-state index contributed by atoms with van der Waals surface area (Å²) in [5.41, 5.74) is 9.81. The van der Waals surface area contributed by atoms with Gasteiger partial charge in [0.15, 0.2) is 0 Å². The van der Waals surface area contributed by atoms with Crippen molar-refractivity contribution in [1.82, 2.24) is 0 Å². The van der Waals surface area contributed by atoms with Crippen LogP contribution in [0.15, 0.2) is 97.1 Å². The highest BCUT2D eigenvalue weighted by molar-refractivity contribution is 5.48. The van der Waals surface area contributed by atoms with Gasteiger partial charge in [0.2, 0.25) is 0 Å². The van der Waals surface area contributed by atoms with E-state index in [-0.39, 0.29) is 0 Å². The summed E-state index contributed by atoms with van der Waals surface area (Å²) in [5, 5.41) is 14.9. The van der Waals surface area contributed by atoms with Crippen LogP contribution >= 0.6 is 0 Å². The fraction of sp³-hybridized carbons (Fsp3) is 0.314. The second-order valence-corrected chi connectivity index (χ2v) is 10.8. The second-order valence-electron chi connectivity index (χ2n) is 10.8. The fourth-order valence-corrected chi connectivity index (χ4v) is 4.74. The van der Waals surface area contributed by atoms with Crippen LogP contribution in [0.3, 0.4) is 0 Å². The molecular formula is C35H44N4. The largest absolute Gasteiger partial charge is 0.385 e. The van der Waals surface area contributed by atoms with Crippen molar-refractivity contribution in [1.29, 1.82) is 0 Å². The first kappa shape index (κ1) is 28.1. The molecule has 4 rings (SSSR count). The van der Waals surface area contributed by atoms with Crippen molar-refractivity contribution in [2.45, 2.75) is 59.0 Å². The molecule has 0 radical (unpaired) electrons. The number of hydrogen-bond donors (Lipinski definition) is 4. The summed E-state index contributed by atoms with van der Waals surface area (Å²) in [6, 6.07) is 35.4. The summed E-state index contributed by atoms with van der Waals surface area (Å²) in [6.45, 7) is 10.3. The molecule has 4 aromatic carbocycles. The fourth-order valence-electron chi connectivity index (χ4n) is 4.74. The minimum atomic E-state index is 0.313. The predicted molar refractivity (Wildman–Crippen MR) is 170 cm³/mol. The molecule has 0 aliphatic carbocycles. The summed E-state index contributed by atoms with van der Waals surface area (Å²) in [4.78, 5) is 0. The van der Waals surface area contributed by atoms with Gasteiger partial charge in [0.1, 0.15) is 0 Å². The lowest BCUT2D eigenvalue weighted by Gasteiger charge is -2.28. The molecule has 0 aromatic heterocycles. The standard InChI is InChI=1S/C35H44N4/c1-26-5-13-30(14-6-26)36-23-21-34(38-32-17-9-28(3)10-18-32)25-35(39-33-19-11-29(4)12-20-33)22-24-37-31-15-7-27(2)8-16-31/h5-20,34-39H,21-25H2,1-4H3. The van der Waals surface area contributed by atoms with E-state index in [2.05, 4.69) is 146 Å². The Hall–Kier alpha value is -3.92. The van der Waals surface area contributed by atoms with E-state index in [0.717, 1.165) is 32.4 Å². The zero-order chi connectivity index (χ0) is 27.5. The maximum atomic E-state index is 3.84. The molecular weight excluding hydrogens is 476 g/mol. The Morgan fingerprint density at radius 1 is 0.410 bits per heavy atom. The molecule has 4 nitrogen and oxygen atoms in total. The average Bonchev–Trinajstić information content (AvgIpc) is 2.93. The average molecular weight is 521 g/mol. The third-order valence-electron chi connectivity index (χ3n) is 7.16. The molecule has 4 N–H and O–H groups in total. The molecule has 4 aromatic rings. The molecule has 4 heteroatoms. The predicted octanol–water partition coefficient (Wildman–Crippen LogP) is 8.58. The number of anilines is 4. The summed E-state index contributed by atoms with van der Waals surface area (Å²) in [6.07, 6.45) is 3.03. The van der Waals surface area contributed by atoms with Gasteiger partial charge in [0.05, 0.1) is 0 Å². The molecule has 0 heterocycles. The van der Waals surface area contributed by atoms with Gasteiger partial charge in [-0.15, -0.1) is 0 Å². The zero-order valence-corrected chi connectivity index (χ0v) is 23.9. The maximum absolute atomic E-state index is 3.84. The van der Waals surface area contributed by atoms with Crippen LogP contribution < -0.4 is 21.3 Å². The van der Waals surface area contributed by atoms with Gasteiger partial charge in [-0.05, 0) is 95.5 Å². The van der Waals surface area contributed by atoms with Crippen molar-refractivity contribution >= 4 is 22.7 Å². The molecule has 0 saturated carbocycles. The van der Waals surface area contributed by atoms with Gasteiger partial charge in [-0.2, -0.15) is 0 Å². The SMILES string of the molecule is Cc1ccc(NCCC(CC(CCNc2ccc(C)cc2)Nc2ccc(C)cc2)Nc2ccc(C)cc2)cc1. The zero-order valence-electron chi connectivity index (χ0n) is 23.9. The van der Waals surface area contributed by atoms with Crippen LogP contribution in [0.1, 0.15) is 41.5 Å².